The molecule has 1 fully saturated rings. The van der Waals surface area contributed by atoms with Crippen molar-refractivity contribution < 1.29 is 0 Å². The lowest BCUT2D eigenvalue weighted by Crippen LogP contribution is -2.44. The first kappa shape index (κ1) is 14.4. The van der Waals surface area contributed by atoms with Crippen molar-refractivity contribution in [2.75, 3.05) is 31.1 Å². The van der Waals surface area contributed by atoms with E-state index in [4.69, 9.17) is 16.7 Å². The minimum Gasteiger partial charge on any atom is -0.368 e. The van der Waals surface area contributed by atoms with Gasteiger partial charge in [0.2, 0.25) is 0 Å². The van der Waals surface area contributed by atoms with E-state index < -0.39 is 0 Å². The predicted octanol–water partition coefficient (Wildman–Crippen LogP) is 3.95. The second-order valence-electron chi connectivity index (χ2n) is 5.08. The van der Waals surface area contributed by atoms with E-state index in [1.165, 1.54) is 10.6 Å². The molecule has 2 aromatic rings. The van der Waals surface area contributed by atoms with E-state index in [1.54, 1.807) is 11.3 Å². The fourth-order valence-electron chi connectivity index (χ4n) is 2.45. The molecule has 1 aromatic carbocycles. The van der Waals surface area contributed by atoms with Crippen molar-refractivity contribution >= 4 is 34.3 Å². The zero-order valence-electron chi connectivity index (χ0n) is 12.0. The smallest absolute Gasteiger partial charge is 0.0746 e. The Morgan fingerprint density at radius 2 is 1.81 bits per heavy atom. The van der Waals surface area contributed by atoms with Gasteiger partial charge in [-0.15, -0.1) is 11.3 Å². The number of hydrogen-bond donors (Lipinski definition) is 0. The topological polar surface area (TPSA) is 18.8 Å². The van der Waals surface area contributed by atoms with E-state index in [-0.39, 0.29) is 0 Å². The van der Waals surface area contributed by atoms with Crippen LogP contribution in [0.2, 0.25) is 5.02 Å². The molecule has 3 nitrogen and oxygen atoms in total. The fourth-order valence-corrected chi connectivity index (χ4v) is 3.25. The van der Waals surface area contributed by atoms with Crippen LogP contribution in [-0.2, 0) is 0 Å². The molecule has 5 heteroatoms. The molecular formula is C16H18ClN3S. The molecule has 0 radical (unpaired) electrons. The Morgan fingerprint density at radius 1 is 1.10 bits per heavy atom. The van der Waals surface area contributed by atoms with Crippen LogP contribution in [0.3, 0.4) is 0 Å². The minimum atomic E-state index is 0.786. The maximum atomic E-state index is 5.94. The Labute approximate surface area is 134 Å². The van der Waals surface area contributed by atoms with Gasteiger partial charge in [0.25, 0.3) is 0 Å². The van der Waals surface area contributed by atoms with Gasteiger partial charge in [-0.1, -0.05) is 17.7 Å². The summed E-state index contributed by atoms with van der Waals surface area (Å²) in [7, 11) is 0. The van der Waals surface area contributed by atoms with E-state index in [0.29, 0.717) is 0 Å². The summed E-state index contributed by atoms with van der Waals surface area (Å²) in [6.07, 6.45) is 0. The molecule has 0 spiro atoms. The molecule has 1 aromatic heterocycles. The van der Waals surface area contributed by atoms with Crippen LogP contribution in [0.1, 0.15) is 11.8 Å². The number of piperazine rings is 1. The van der Waals surface area contributed by atoms with Crippen LogP contribution in [0.5, 0.6) is 0 Å². The van der Waals surface area contributed by atoms with Gasteiger partial charge in [-0.25, -0.2) is 0 Å². The van der Waals surface area contributed by atoms with Gasteiger partial charge in [-0.3, -0.25) is 5.01 Å². The van der Waals surface area contributed by atoms with Crippen molar-refractivity contribution in [3.05, 3.63) is 51.7 Å². The molecular weight excluding hydrogens is 302 g/mol. The van der Waals surface area contributed by atoms with Gasteiger partial charge < -0.3 is 4.90 Å². The van der Waals surface area contributed by atoms with Crippen LogP contribution >= 0.6 is 22.9 Å². The average molecular weight is 320 g/mol. The Bertz CT molecular complexity index is 599. The molecule has 0 atom stereocenters. The molecule has 21 heavy (non-hydrogen) atoms. The van der Waals surface area contributed by atoms with Crippen LogP contribution < -0.4 is 4.90 Å². The number of benzene rings is 1. The van der Waals surface area contributed by atoms with Crippen LogP contribution in [-0.4, -0.2) is 36.9 Å². The zero-order valence-corrected chi connectivity index (χ0v) is 13.6. The lowest BCUT2D eigenvalue weighted by Gasteiger charge is -2.34. The third-order valence-electron chi connectivity index (χ3n) is 3.62. The van der Waals surface area contributed by atoms with Crippen molar-refractivity contribution in [1.29, 1.82) is 0 Å². The maximum absolute atomic E-state index is 5.94. The van der Waals surface area contributed by atoms with Gasteiger partial charge in [0, 0.05) is 28.7 Å². The number of anilines is 1. The summed E-state index contributed by atoms with van der Waals surface area (Å²) in [6, 6.07) is 12.2. The quantitative estimate of drug-likeness (QED) is 0.798. The number of hydrazone groups is 1. The van der Waals surface area contributed by atoms with Crippen molar-refractivity contribution in [2.24, 2.45) is 5.10 Å². The molecule has 1 saturated heterocycles. The van der Waals surface area contributed by atoms with Gasteiger partial charge in [0.15, 0.2) is 0 Å². The van der Waals surface area contributed by atoms with E-state index in [2.05, 4.69) is 46.5 Å². The Balaban J connectivity index is 1.60. The third kappa shape index (κ3) is 3.57. The molecule has 0 saturated carbocycles. The highest BCUT2D eigenvalue weighted by Crippen LogP contribution is 2.20. The van der Waals surface area contributed by atoms with Gasteiger partial charge in [0.1, 0.15) is 0 Å². The van der Waals surface area contributed by atoms with Gasteiger partial charge in [-0.05, 0) is 42.6 Å². The highest BCUT2D eigenvalue weighted by molar-refractivity contribution is 7.12. The highest BCUT2D eigenvalue weighted by atomic mass is 35.5. The molecule has 0 unspecified atom stereocenters. The Morgan fingerprint density at radius 3 is 2.43 bits per heavy atom. The van der Waals surface area contributed by atoms with E-state index in [9.17, 15) is 0 Å². The summed E-state index contributed by atoms with van der Waals surface area (Å²) in [6.45, 7) is 5.96. The maximum Gasteiger partial charge on any atom is 0.0746 e. The number of rotatable bonds is 3. The zero-order chi connectivity index (χ0) is 14.7. The van der Waals surface area contributed by atoms with E-state index >= 15 is 0 Å². The predicted molar refractivity (Wildman–Crippen MR) is 91.8 cm³/mol. The average Bonchev–Trinajstić information content (AvgIpc) is 3.03. The van der Waals surface area contributed by atoms with Gasteiger partial charge >= 0.3 is 0 Å². The van der Waals surface area contributed by atoms with Crippen molar-refractivity contribution in [2.45, 2.75) is 6.92 Å². The number of thiophene rings is 1. The first-order valence-corrected chi connectivity index (χ1v) is 8.33. The molecule has 0 amide bonds. The first-order chi connectivity index (χ1) is 10.2. The van der Waals surface area contributed by atoms with Crippen LogP contribution in [0.25, 0.3) is 0 Å². The van der Waals surface area contributed by atoms with Crippen molar-refractivity contribution in [3.8, 4) is 0 Å². The summed E-state index contributed by atoms with van der Waals surface area (Å²) in [5.74, 6) is 0. The molecule has 0 bridgehead atoms. The largest absolute Gasteiger partial charge is 0.368 e. The minimum absolute atomic E-state index is 0.786. The summed E-state index contributed by atoms with van der Waals surface area (Å²) in [5, 5.41) is 9.78. The lowest BCUT2D eigenvalue weighted by atomic mass is 10.2. The van der Waals surface area contributed by atoms with Crippen molar-refractivity contribution in [1.82, 2.24) is 5.01 Å². The Kier molecular flexibility index (Phi) is 4.46. The van der Waals surface area contributed by atoms with Gasteiger partial charge in [-0.2, -0.15) is 5.10 Å². The normalized spacial score (nSPS) is 16.4. The van der Waals surface area contributed by atoms with Gasteiger partial charge in [0.05, 0.1) is 18.8 Å². The van der Waals surface area contributed by atoms with Crippen LogP contribution in [0.4, 0.5) is 5.69 Å². The summed E-state index contributed by atoms with van der Waals surface area (Å²) in [5.41, 5.74) is 2.34. The first-order valence-electron chi connectivity index (χ1n) is 7.07. The molecule has 1 aliphatic heterocycles. The SMILES string of the molecule is C/C(=N\N1CCN(c2ccc(Cl)cc2)CC1)c1cccs1. The summed E-state index contributed by atoms with van der Waals surface area (Å²) in [4.78, 5) is 3.62. The molecule has 3 rings (SSSR count). The highest BCUT2D eigenvalue weighted by Gasteiger charge is 2.16. The monoisotopic (exact) mass is 319 g/mol. The van der Waals surface area contributed by atoms with E-state index in [0.717, 1.165) is 36.9 Å². The summed E-state index contributed by atoms with van der Waals surface area (Å²) < 4.78 is 0. The molecule has 1 aliphatic rings. The molecule has 0 aliphatic carbocycles. The second-order valence-corrected chi connectivity index (χ2v) is 6.46. The molecule has 2 heterocycles. The fraction of sp³-hybridized carbons (Fsp3) is 0.312. The number of halogens is 1. The van der Waals surface area contributed by atoms with Crippen molar-refractivity contribution in [3.63, 3.8) is 0 Å². The number of nitrogens with zero attached hydrogens (tertiary/aromatic N) is 3. The van der Waals surface area contributed by atoms with Crippen LogP contribution in [0.15, 0.2) is 46.9 Å². The molecule has 110 valence electrons. The summed E-state index contributed by atoms with van der Waals surface area (Å²) >= 11 is 7.67. The number of hydrogen-bond acceptors (Lipinski definition) is 4. The van der Waals surface area contributed by atoms with E-state index in [1.807, 2.05) is 12.1 Å². The Hall–Kier alpha value is -1.52. The molecule has 0 N–H and O–H groups in total. The third-order valence-corrected chi connectivity index (χ3v) is 4.85. The lowest BCUT2D eigenvalue weighted by molar-refractivity contribution is 0.270. The second kappa shape index (κ2) is 6.50. The van der Waals surface area contributed by atoms with Crippen LogP contribution in [0, 0.1) is 0 Å². The standard InChI is InChI=1S/C16H18ClN3S/c1-13(16-3-2-12-21-16)18-20-10-8-19(9-11-20)15-6-4-14(17)5-7-15/h2-7,12H,8-11H2,1H3/b18-13+.